The van der Waals surface area contributed by atoms with Gasteiger partial charge in [0.05, 0.1) is 0 Å². The highest BCUT2D eigenvalue weighted by Crippen LogP contribution is 2.36. The fraction of sp³-hybridized carbons (Fsp3) is 0.731. The van der Waals surface area contributed by atoms with Crippen LogP contribution in [0.15, 0.2) is 0 Å². The predicted octanol–water partition coefficient (Wildman–Crippen LogP) is 0.00100. The minimum atomic E-state index is -1.73. The van der Waals surface area contributed by atoms with E-state index in [1.807, 2.05) is 0 Å². The maximum atomic E-state index is 12.2. The van der Waals surface area contributed by atoms with Gasteiger partial charge in [0.1, 0.15) is 31.5 Å². The molecule has 0 aromatic carbocycles. The molecule has 248 valence electrons. The number of hydrogen-bond donors (Lipinski definition) is 0. The van der Waals surface area contributed by atoms with Gasteiger partial charge in [-0.1, -0.05) is 15.9 Å². The van der Waals surface area contributed by atoms with Crippen LogP contribution in [0.1, 0.15) is 48.5 Å². The van der Waals surface area contributed by atoms with E-state index in [-0.39, 0.29) is 0 Å². The van der Waals surface area contributed by atoms with Crippen LogP contribution >= 0.6 is 15.9 Å². The van der Waals surface area contributed by atoms with Crippen LogP contribution in [0.3, 0.4) is 0 Å². The summed E-state index contributed by atoms with van der Waals surface area (Å²) in [6.45, 7) is 6.57. The Hall–Kier alpha value is -3.35. The van der Waals surface area contributed by atoms with E-state index >= 15 is 0 Å². The molecule has 2 aliphatic rings. The van der Waals surface area contributed by atoms with Crippen molar-refractivity contribution in [1.29, 1.82) is 0 Å². The molecule has 0 aliphatic carbocycles. The van der Waals surface area contributed by atoms with E-state index in [1.54, 1.807) is 0 Å². The average molecular weight is 699 g/mol. The van der Waals surface area contributed by atoms with E-state index in [4.69, 9.17) is 47.4 Å². The summed E-state index contributed by atoms with van der Waals surface area (Å²) < 4.78 is 55.2. The first kappa shape index (κ1) is 36.8. The van der Waals surface area contributed by atoms with Crippen LogP contribution in [0.25, 0.3) is 0 Å². The Morgan fingerprint density at radius 1 is 0.477 bits per heavy atom. The van der Waals surface area contributed by atoms with Gasteiger partial charge in [0.25, 0.3) is 0 Å². The van der Waals surface area contributed by atoms with Crippen LogP contribution in [-0.4, -0.2) is 115 Å². The fourth-order valence-electron chi connectivity index (χ4n) is 4.46. The zero-order valence-corrected chi connectivity index (χ0v) is 26.6. The van der Waals surface area contributed by atoms with Crippen LogP contribution in [0.4, 0.5) is 0 Å². The lowest BCUT2D eigenvalue weighted by Crippen LogP contribution is -2.66. The molecule has 2 rings (SSSR count). The van der Waals surface area contributed by atoms with Crippen molar-refractivity contribution >= 4 is 57.7 Å². The highest BCUT2D eigenvalue weighted by molar-refractivity contribution is 9.09. The quantitative estimate of drug-likeness (QED) is 0.158. The van der Waals surface area contributed by atoms with Gasteiger partial charge in [-0.05, 0) is 0 Å². The van der Waals surface area contributed by atoms with Crippen LogP contribution in [0, 0.1) is 0 Å². The molecule has 18 heteroatoms. The molecule has 0 N–H and O–H groups in total. The Bertz CT molecular complexity index is 1090. The van der Waals surface area contributed by atoms with E-state index in [0.29, 0.717) is 0 Å². The van der Waals surface area contributed by atoms with Crippen molar-refractivity contribution in [2.24, 2.45) is 0 Å². The average Bonchev–Trinajstić information content (AvgIpc) is 2.87. The molecule has 0 saturated carbocycles. The van der Waals surface area contributed by atoms with Gasteiger partial charge in [-0.25, -0.2) is 0 Å². The molecule has 0 unspecified atom stereocenters. The molecule has 0 aromatic rings. The molecule has 10 atom stereocenters. The van der Waals surface area contributed by atoms with E-state index in [0.717, 1.165) is 48.5 Å². The van der Waals surface area contributed by atoms with Gasteiger partial charge >= 0.3 is 41.8 Å². The Morgan fingerprint density at radius 3 is 1.27 bits per heavy atom. The summed E-state index contributed by atoms with van der Waals surface area (Å²) in [5, 5.41) is -1.09. The van der Waals surface area contributed by atoms with Gasteiger partial charge in [0.2, 0.25) is 0 Å². The lowest BCUT2D eigenvalue weighted by Gasteiger charge is -2.48. The molecular weight excluding hydrogens is 664 g/mol. The molecule has 0 radical (unpaired) electrons. The summed E-state index contributed by atoms with van der Waals surface area (Å²) >= 11 is 3.23. The minimum Gasteiger partial charge on any atom is -0.463 e. The minimum absolute atomic E-state index is 0.460. The van der Waals surface area contributed by atoms with Gasteiger partial charge < -0.3 is 47.4 Å². The van der Waals surface area contributed by atoms with Crippen molar-refractivity contribution in [1.82, 2.24) is 0 Å². The normalized spacial score (nSPS) is 31.5. The van der Waals surface area contributed by atoms with Crippen LogP contribution in [0.5, 0.6) is 0 Å². The number of rotatable bonds is 11. The fourth-order valence-corrected chi connectivity index (χ4v) is 5.15. The molecule has 0 spiro atoms. The first-order valence-electron chi connectivity index (χ1n) is 13.2. The standard InChI is InChI=1S/C26H35BrO17/c1-10(28)35-8-17-20(21(38-13(4)31)23(25(27)42-17)40-15(6)33)44-26-24(41-16(7)34)22(39-14(5)32)19(37-12(3)30)18(43-26)9-36-11(2)29/h17-26H,8-9H2,1-7H3/t17-,18-,19+,20+,21+,22+,23-,24-,25+,26-/m1/s1. The number of carbonyl (C=O) groups is 7. The Morgan fingerprint density at radius 2 is 0.841 bits per heavy atom. The van der Waals surface area contributed by atoms with Crippen molar-refractivity contribution in [3.8, 4) is 0 Å². The third-order valence-corrected chi connectivity index (χ3v) is 6.61. The number of ether oxygens (including phenoxy) is 10. The summed E-state index contributed by atoms with van der Waals surface area (Å²) in [5.41, 5.74) is 0. The van der Waals surface area contributed by atoms with Gasteiger partial charge in [-0.15, -0.1) is 0 Å². The summed E-state index contributed by atoms with van der Waals surface area (Å²) in [6.07, 6.45) is -13.2. The largest absolute Gasteiger partial charge is 0.463 e. The molecule has 2 fully saturated rings. The molecule has 0 aromatic heterocycles. The molecule has 44 heavy (non-hydrogen) atoms. The smallest absolute Gasteiger partial charge is 0.303 e. The van der Waals surface area contributed by atoms with Crippen LogP contribution in [-0.2, 0) is 80.9 Å². The highest BCUT2D eigenvalue weighted by Gasteiger charge is 2.57. The highest BCUT2D eigenvalue weighted by atomic mass is 79.9. The van der Waals surface area contributed by atoms with Crippen LogP contribution in [0.2, 0.25) is 0 Å². The second-order valence-corrected chi connectivity index (χ2v) is 10.5. The summed E-state index contributed by atoms with van der Waals surface area (Å²) in [4.78, 5) is 83.8. The van der Waals surface area contributed by atoms with E-state index in [2.05, 4.69) is 15.9 Å². The number of alkyl halides is 1. The van der Waals surface area contributed by atoms with E-state index < -0.39 is 115 Å². The molecule has 0 bridgehead atoms. The number of hydrogen-bond acceptors (Lipinski definition) is 17. The van der Waals surface area contributed by atoms with Gasteiger partial charge in [-0.2, -0.15) is 0 Å². The Balaban J connectivity index is 2.66. The Labute approximate surface area is 260 Å². The SMILES string of the molecule is CC(=O)OC[C@H]1O[C@H](Br)[C@H](OC(C)=O)[C@@H](OC(C)=O)[C@H]1O[C@H]1O[C@H](COC(C)=O)[C@H](OC(C)=O)[C@H](OC(C)=O)[C@H]1OC(C)=O. The number of esters is 7. The Kier molecular flexibility index (Phi) is 13.9. The van der Waals surface area contributed by atoms with Crippen molar-refractivity contribution in [2.45, 2.75) is 109 Å². The van der Waals surface area contributed by atoms with Crippen LogP contribution < -0.4 is 0 Å². The topological polar surface area (TPSA) is 212 Å². The van der Waals surface area contributed by atoms with E-state index in [1.165, 1.54) is 0 Å². The maximum absolute atomic E-state index is 12.2. The zero-order valence-electron chi connectivity index (χ0n) is 25.0. The molecule has 0 amide bonds. The predicted molar refractivity (Wildman–Crippen MR) is 142 cm³/mol. The number of carbonyl (C=O) groups excluding carboxylic acids is 7. The number of halogens is 1. The second-order valence-electron chi connectivity index (χ2n) is 9.64. The summed E-state index contributed by atoms with van der Waals surface area (Å²) in [6, 6.07) is 0. The third-order valence-electron chi connectivity index (χ3n) is 5.87. The zero-order chi connectivity index (χ0) is 33.3. The van der Waals surface area contributed by atoms with Crippen molar-refractivity contribution in [3.63, 3.8) is 0 Å². The molecule has 2 aliphatic heterocycles. The van der Waals surface area contributed by atoms with Crippen molar-refractivity contribution in [2.75, 3.05) is 13.2 Å². The van der Waals surface area contributed by atoms with Crippen molar-refractivity contribution in [3.05, 3.63) is 0 Å². The van der Waals surface area contributed by atoms with E-state index in [9.17, 15) is 33.6 Å². The molecular formula is C26H35BrO17. The van der Waals surface area contributed by atoms with Gasteiger partial charge in [0, 0.05) is 48.5 Å². The lowest BCUT2D eigenvalue weighted by atomic mass is 9.96. The lowest BCUT2D eigenvalue weighted by molar-refractivity contribution is -0.341. The summed E-state index contributed by atoms with van der Waals surface area (Å²) in [5.74, 6) is -5.63. The van der Waals surface area contributed by atoms with Crippen molar-refractivity contribution < 1.29 is 80.9 Å². The van der Waals surface area contributed by atoms with Gasteiger partial charge in [-0.3, -0.25) is 33.6 Å². The third kappa shape index (κ3) is 11.0. The first-order valence-corrected chi connectivity index (χ1v) is 14.1. The monoisotopic (exact) mass is 698 g/mol. The molecule has 17 nitrogen and oxygen atoms in total. The molecule has 2 saturated heterocycles. The second kappa shape index (κ2) is 16.6. The van der Waals surface area contributed by atoms with Gasteiger partial charge in [0.15, 0.2) is 41.8 Å². The molecule has 2 heterocycles. The maximum Gasteiger partial charge on any atom is 0.303 e. The first-order chi connectivity index (χ1) is 20.5. The summed E-state index contributed by atoms with van der Waals surface area (Å²) in [7, 11) is 0.